The Labute approximate surface area is 210 Å². The highest BCUT2D eigenvalue weighted by molar-refractivity contribution is 5.79. The summed E-state index contributed by atoms with van der Waals surface area (Å²) in [4.78, 5) is 42.7. The number of hydrogen-bond donors (Lipinski definition) is 1. The molecule has 3 heterocycles. The number of aromatic nitrogens is 4. The lowest BCUT2D eigenvalue weighted by Crippen LogP contribution is -2.57. The van der Waals surface area contributed by atoms with Crippen molar-refractivity contribution in [3.63, 3.8) is 0 Å². The Morgan fingerprint density at radius 2 is 1.94 bits per heavy atom. The molecule has 11 nitrogen and oxygen atoms in total. The number of hydrogen-bond acceptors (Lipinski definition) is 8. The lowest BCUT2D eigenvalue weighted by Gasteiger charge is -2.42. The Hall–Kier alpha value is -3.99. The molecular formula is C25H31N7O4. The van der Waals surface area contributed by atoms with Crippen LogP contribution in [0, 0.1) is 6.92 Å². The molecule has 1 saturated heterocycles. The van der Waals surface area contributed by atoms with Gasteiger partial charge in [-0.05, 0) is 24.6 Å². The molecule has 1 fully saturated rings. The van der Waals surface area contributed by atoms with E-state index < -0.39 is 0 Å². The van der Waals surface area contributed by atoms with E-state index in [1.54, 1.807) is 35.3 Å². The van der Waals surface area contributed by atoms with Crippen LogP contribution < -0.4 is 15.0 Å². The molecule has 0 spiro atoms. The third kappa shape index (κ3) is 6.16. The average molecular weight is 494 g/mol. The first-order valence-corrected chi connectivity index (χ1v) is 11.7. The number of piperazine rings is 1. The van der Waals surface area contributed by atoms with E-state index in [2.05, 4.69) is 20.2 Å². The normalized spacial score (nSPS) is 15.6. The van der Waals surface area contributed by atoms with Crippen LogP contribution in [0.3, 0.4) is 0 Å². The largest absolute Gasteiger partial charge is 0.497 e. The molecule has 1 atom stereocenters. The zero-order valence-electron chi connectivity index (χ0n) is 20.8. The maximum absolute atomic E-state index is 13.0. The summed E-state index contributed by atoms with van der Waals surface area (Å²) >= 11 is 0. The molecule has 3 aromatic rings. The van der Waals surface area contributed by atoms with Crippen LogP contribution >= 0.6 is 0 Å². The van der Waals surface area contributed by atoms with Gasteiger partial charge < -0.3 is 24.6 Å². The number of methoxy groups -OCH3 is 2. The molecule has 1 aliphatic heterocycles. The highest BCUT2D eigenvalue weighted by atomic mass is 16.5. The molecule has 0 aliphatic carbocycles. The van der Waals surface area contributed by atoms with Gasteiger partial charge in [0, 0.05) is 63.9 Å². The van der Waals surface area contributed by atoms with Gasteiger partial charge in [-0.1, -0.05) is 12.1 Å². The molecule has 0 radical (unpaired) electrons. The summed E-state index contributed by atoms with van der Waals surface area (Å²) in [6.45, 7) is 3.75. The summed E-state index contributed by atoms with van der Waals surface area (Å²) < 4.78 is 12.0. The first kappa shape index (κ1) is 25.1. The van der Waals surface area contributed by atoms with Crippen LogP contribution in [0.2, 0.25) is 0 Å². The van der Waals surface area contributed by atoms with Crippen molar-refractivity contribution >= 4 is 17.6 Å². The van der Waals surface area contributed by atoms with Crippen molar-refractivity contribution in [2.24, 2.45) is 0 Å². The summed E-state index contributed by atoms with van der Waals surface area (Å²) in [7, 11) is 3.12. The highest BCUT2D eigenvalue weighted by Gasteiger charge is 2.32. The fourth-order valence-corrected chi connectivity index (χ4v) is 4.18. The standard InChI is InChI=1S/C25H31N7O4/c1-18-12-22(29-25(28-18)31-9-8-26-17-31)32-11-10-30(24(34)16-35-2)15-20(32)13-23(33)27-14-19-4-6-21(36-3)7-5-19/h4-9,12,17,20H,10-11,13-16H2,1-3H3,(H,27,33). The number of aryl methyl sites for hydroxylation is 1. The van der Waals surface area contributed by atoms with Gasteiger partial charge in [-0.3, -0.25) is 14.2 Å². The third-order valence-corrected chi connectivity index (χ3v) is 6.03. The van der Waals surface area contributed by atoms with E-state index in [0.29, 0.717) is 37.9 Å². The average Bonchev–Trinajstić information content (AvgIpc) is 3.43. The Morgan fingerprint density at radius 3 is 2.64 bits per heavy atom. The molecule has 1 aliphatic rings. The number of rotatable bonds is 9. The van der Waals surface area contributed by atoms with E-state index in [0.717, 1.165) is 17.0 Å². The summed E-state index contributed by atoms with van der Waals surface area (Å²) in [5.41, 5.74) is 1.77. The fourth-order valence-electron chi connectivity index (χ4n) is 4.18. The number of nitrogens with zero attached hydrogens (tertiary/aromatic N) is 6. The quantitative estimate of drug-likeness (QED) is 0.475. The lowest BCUT2D eigenvalue weighted by molar-refractivity contribution is -0.136. The minimum atomic E-state index is -0.264. The van der Waals surface area contributed by atoms with E-state index >= 15 is 0 Å². The number of amides is 2. The molecule has 1 aromatic carbocycles. The van der Waals surface area contributed by atoms with E-state index in [4.69, 9.17) is 14.5 Å². The molecular weight excluding hydrogens is 462 g/mol. The minimum absolute atomic E-state index is 0.00772. The van der Waals surface area contributed by atoms with Gasteiger partial charge in [-0.15, -0.1) is 0 Å². The van der Waals surface area contributed by atoms with Gasteiger partial charge in [0.1, 0.15) is 24.5 Å². The van der Waals surface area contributed by atoms with E-state index in [1.165, 1.54) is 7.11 Å². The zero-order valence-corrected chi connectivity index (χ0v) is 20.8. The van der Waals surface area contributed by atoms with Crippen LogP contribution in [0.1, 0.15) is 17.7 Å². The molecule has 11 heteroatoms. The number of imidazole rings is 1. The second kappa shape index (κ2) is 11.6. The van der Waals surface area contributed by atoms with Gasteiger partial charge in [-0.2, -0.15) is 4.98 Å². The summed E-state index contributed by atoms with van der Waals surface area (Å²) in [6.07, 6.45) is 5.30. The monoisotopic (exact) mass is 493 g/mol. The van der Waals surface area contributed by atoms with Crippen molar-refractivity contribution in [3.05, 3.63) is 60.3 Å². The van der Waals surface area contributed by atoms with Crippen molar-refractivity contribution < 1.29 is 19.1 Å². The summed E-state index contributed by atoms with van der Waals surface area (Å²) in [6, 6.07) is 9.19. The van der Waals surface area contributed by atoms with Crippen LogP contribution in [-0.2, 0) is 20.9 Å². The maximum atomic E-state index is 13.0. The number of anilines is 1. The third-order valence-electron chi connectivity index (χ3n) is 6.03. The van der Waals surface area contributed by atoms with Gasteiger partial charge in [-0.25, -0.2) is 9.97 Å². The predicted octanol–water partition coefficient (Wildman–Crippen LogP) is 1.35. The highest BCUT2D eigenvalue weighted by Crippen LogP contribution is 2.23. The first-order valence-electron chi connectivity index (χ1n) is 11.7. The van der Waals surface area contributed by atoms with Crippen molar-refractivity contribution in [2.75, 3.05) is 45.4 Å². The second-order valence-corrected chi connectivity index (χ2v) is 8.59. The molecule has 0 saturated carbocycles. The second-order valence-electron chi connectivity index (χ2n) is 8.59. The van der Waals surface area contributed by atoms with Crippen molar-refractivity contribution in [1.82, 2.24) is 29.7 Å². The summed E-state index contributed by atoms with van der Waals surface area (Å²) in [5.74, 6) is 1.77. The van der Waals surface area contributed by atoms with Crippen LogP contribution in [0.4, 0.5) is 5.82 Å². The minimum Gasteiger partial charge on any atom is -0.497 e. The molecule has 4 rings (SSSR count). The number of carbonyl (C=O) groups is 2. The van der Waals surface area contributed by atoms with Crippen LogP contribution in [0.5, 0.6) is 5.75 Å². The Bertz CT molecular complexity index is 1170. The van der Waals surface area contributed by atoms with Gasteiger partial charge in [0.05, 0.1) is 13.2 Å². The zero-order chi connectivity index (χ0) is 25.5. The van der Waals surface area contributed by atoms with Gasteiger partial charge in [0.15, 0.2) is 0 Å². The SMILES string of the molecule is COCC(=O)N1CCN(c2cc(C)nc(-n3ccnc3)n2)C(CC(=O)NCc2ccc(OC)cc2)C1. The molecule has 1 N–H and O–H groups in total. The predicted molar refractivity (Wildman–Crippen MR) is 133 cm³/mol. The summed E-state index contributed by atoms with van der Waals surface area (Å²) in [5, 5.41) is 2.99. The number of carbonyl (C=O) groups excluding carboxylic acids is 2. The van der Waals surface area contributed by atoms with Gasteiger partial charge in [0.25, 0.3) is 0 Å². The topological polar surface area (TPSA) is 115 Å². The van der Waals surface area contributed by atoms with Crippen LogP contribution in [0.15, 0.2) is 49.1 Å². The molecule has 1 unspecified atom stereocenters. The van der Waals surface area contributed by atoms with Gasteiger partial charge in [0.2, 0.25) is 17.8 Å². The first-order chi connectivity index (χ1) is 17.5. The van der Waals surface area contributed by atoms with Crippen molar-refractivity contribution in [1.29, 1.82) is 0 Å². The van der Waals surface area contributed by atoms with Gasteiger partial charge >= 0.3 is 0 Å². The molecule has 190 valence electrons. The van der Waals surface area contributed by atoms with E-state index in [9.17, 15) is 9.59 Å². The Kier molecular flexibility index (Phi) is 8.11. The molecule has 0 bridgehead atoms. The number of ether oxygens (including phenoxy) is 2. The van der Waals surface area contributed by atoms with E-state index in [1.807, 2.05) is 37.3 Å². The molecule has 36 heavy (non-hydrogen) atoms. The van der Waals surface area contributed by atoms with Crippen molar-refractivity contribution in [2.45, 2.75) is 25.9 Å². The van der Waals surface area contributed by atoms with Crippen LogP contribution in [0.25, 0.3) is 5.95 Å². The Morgan fingerprint density at radius 1 is 1.14 bits per heavy atom. The maximum Gasteiger partial charge on any atom is 0.248 e. The smallest absolute Gasteiger partial charge is 0.248 e. The number of benzene rings is 1. The molecule has 2 aromatic heterocycles. The van der Waals surface area contributed by atoms with E-state index in [-0.39, 0.29) is 30.9 Å². The number of nitrogens with one attached hydrogen (secondary N) is 1. The van der Waals surface area contributed by atoms with Crippen LogP contribution in [-0.4, -0.2) is 82.7 Å². The fraction of sp³-hybridized carbons (Fsp3) is 0.400. The van der Waals surface area contributed by atoms with Crippen molar-refractivity contribution in [3.8, 4) is 11.7 Å². The Balaban J connectivity index is 1.51. The lowest BCUT2D eigenvalue weighted by atomic mass is 10.1. The molecule has 2 amide bonds.